The van der Waals surface area contributed by atoms with Crippen LogP contribution in [0.25, 0.3) is 0 Å². The molecule has 27 heavy (non-hydrogen) atoms. The zero-order valence-corrected chi connectivity index (χ0v) is 16.3. The van der Waals surface area contributed by atoms with Crippen molar-refractivity contribution >= 4 is 11.9 Å². The van der Waals surface area contributed by atoms with Crippen molar-refractivity contribution in [3.05, 3.63) is 0 Å². The van der Waals surface area contributed by atoms with E-state index in [4.69, 9.17) is 10.00 Å². The third-order valence-corrected chi connectivity index (χ3v) is 6.56. The van der Waals surface area contributed by atoms with Crippen molar-refractivity contribution in [2.45, 2.75) is 76.5 Å². The number of nitrogens with one attached hydrogen (secondary N) is 1. The molecule has 0 spiro atoms. The van der Waals surface area contributed by atoms with E-state index in [9.17, 15) is 14.0 Å². The van der Waals surface area contributed by atoms with Crippen molar-refractivity contribution < 1.29 is 18.7 Å². The normalized spacial score (nSPS) is 35.3. The third-order valence-electron chi connectivity index (χ3n) is 6.56. The van der Waals surface area contributed by atoms with E-state index in [-0.39, 0.29) is 42.3 Å². The van der Waals surface area contributed by atoms with Crippen LogP contribution in [0.2, 0.25) is 0 Å². The van der Waals surface area contributed by atoms with Crippen LogP contribution in [0, 0.1) is 22.7 Å². The van der Waals surface area contributed by atoms with E-state index < -0.39 is 12.2 Å². The summed E-state index contributed by atoms with van der Waals surface area (Å²) in [4.78, 5) is 26.4. The van der Waals surface area contributed by atoms with E-state index in [0.29, 0.717) is 12.5 Å². The van der Waals surface area contributed by atoms with Gasteiger partial charge in [0.1, 0.15) is 12.2 Å². The van der Waals surface area contributed by atoms with E-state index in [1.54, 1.807) is 0 Å². The molecule has 3 aliphatic carbocycles. The minimum absolute atomic E-state index is 0.0105. The number of fused-ring (bicyclic) bond motifs is 3. The Bertz CT molecular complexity index is 606. The van der Waals surface area contributed by atoms with Crippen molar-refractivity contribution in [3.63, 3.8) is 0 Å². The van der Waals surface area contributed by atoms with E-state index >= 15 is 0 Å². The van der Waals surface area contributed by atoms with Crippen molar-refractivity contribution in [1.29, 1.82) is 5.26 Å². The van der Waals surface area contributed by atoms with Crippen LogP contribution in [0.1, 0.15) is 58.8 Å². The molecule has 7 heteroatoms. The van der Waals surface area contributed by atoms with Crippen LogP contribution >= 0.6 is 0 Å². The maximum Gasteiger partial charge on any atom is 0.312 e. The number of nitrogens with zero attached hydrogens (tertiary/aromatic N) is 2. The van der Waals surface area contributed by atoms with E-state index in [1.165, 1.54) is 4.90 Å². The Kier molecular flexibility index (Phi) is 5.76. The molecule has 1 saturated heterocycles. The monoisotopic (exact) mass is 379 g/mol. The second-order valence-electron chi connectivity index (χ2n) is 8.93. The minimum atomic E-state index is -1.11. The number of amides is 1. The number of nitriles is 1. The molecule has 1 aliphatic heterocycles. The molecule has 4 rings (SSSR count). The van der Waals surface area contributed by atoms with Crippen molar-refractivity contribution in [1.82, 2.24) is 10.2 Å². The average Bonchev–Trinajstić information content (AvgIpc) is 3.06. The van der Waals surface area contributed by atoms with Crippen molar-refractivity contribution in [2.24, 2.45) is 11.3 Å². The van der Waals surface area contributed by atoms with Crippen molar-refractivity contribution in [3.8, 4) is 6.07 Å². The molecule has 2 bridgehead atoms. The van der Waals surface area contributed by atoms with Crippen LogP contribution in [0.4, 0.5) is 4.39 Å². The van der Waals surface area contributed by atoms with Gasteiger partial charge >= 0.3 is 5.97 Å². The highest BCUT2D eigenvalue weighted by molar-refractivity contribution is 5.80. The van der Waals surface area contributed by atoms with Gasteiger partial charge in [0.05, 0.1) is 31.2 Å². The summed E-state index contributed by atoms with van der Waals surface area (Å²) in [5, 5.41) is 12.5. The average molecular weight is 379 g/mol. The molecule has 4 fully saturated rings. The van der Waals surface area contributed by atoms with Gasteiger partial charge in [-0.25, -0.2) is 4.39 Å². The number of ether oxygens (including phenoxy) is 1. The summed E-state index contributed by atoms with van der Waals surface area (Å²) >= 11 is 0. The van der Waals surface area contributed by atoms with Gasteiger partial charge in [0, 0.05) is 12.0 Å². The Hall–Kier alpha value is -1.68. The largest absolute Gasteiger partial charge is 0.465 e. The van der Waals surface area contributed by atoms with Gasteiger partial charge < -0.3 is 15.0 Å². The first-order valence-electron chi connectivity index (χ1n) is 10.0. The molecule has 150 valence electrons. The molecule has 0 aromatic carbocycles. The third kappa shape index (κ3) is 4.11. The van der Waals surface area contributed by atoms with E-state index in [2.05, 4.69) is 5.32 Å². The van der Waals surface area contributed by atoms with Gasteiger partial charge in [-0.05, 0) is 44.4 Å². The van der Waals surface area contributed by atoms with Gasteiger partial charge in [0.25, 0.3) is 0 Å². The Morgan fingerprint density at radius 3 is 2.44 bits per heavy atom. The summed E-state index contributed by atoms with van der Waals surface area (Å²) in [5.74, 6) is 0.0503. The Labute approximate surface area is 160 Å². The lowest BCUT2D eigenvalue weighted by molar-refractivity contribution is -0.165. The number of carbonyl (C=O) groups excluding carboxylic acids is 2. The molecule has 4 aliphatic rings. The van der Waals surface area contributed by atoms with Crippen LogP contribution in [0.3, 0.4) is 0 Å². The molecular weight excluding hydrogens is 349 g/mol. The second kappa shape index (κ2) is 7.75. The maximum absolute atomic E-state index is 13.5. The highest BCUT2D eigenvalue weighted by atomic mass is 19.1. The number of hydrogen-bond acceptors (Lipinski definition) is 5. The first kappa shape index (κ1) is 20.1. The number of halogens is 1. The highest BCUT2D eigenvalue weighted by Crippen LogP contribution is 2.53. The Morgan fingerprint density at radius 2 is 1.89 bits per heavy atom. The van der Waals surface area contributed by atoms with Crippen LogP contribution < -0.4 is 5.32 Å². The van der Waals surface area contributed by atoms with Crippen LogP contribution in [0.5, 0.6) is 0 Å². The fourth-order valence-corrected chi connectivity index (χ4v) is 4.70. The predicted molar refractivity (Wildman–Crippen MR) is 97.3 cm³/mol. The molecule has 6 nitrogen and oxygen atoms in total. The maximum atomic E-state index is 13.5. The molecular formula is C20H30FN3O3. The summed E-state index contributed by atoms with van der Waals surface area (Å²) in [5.41, 5.74) is -0.489. The van der Waals surface area contributed by atoms with Crippen LogP contribution in [-0.4, -0.2) is 54.2 Å². The smallest absolute Gasteiger partial charge is 0.312 e. The van der Waals surface area contributed by atoms with Gasteiger partial charge in [-0.1, -0.05) is 13.8 Å². The van der Waals surface area contributed by atoms with Crippen LogP contribution in [-0.2, 0) is 14.3 Å². The molecule has 2 atom stereocenters. The number of likely N-dealkylation sites (tertiary alicyclic amines) is 1. The molecule has 0 radical (unpaired) electrons. The molecule has 1 amide bonds. The Morgan fingerprint density at radius 1 is 1.26 bits per heavy atom. The number of carbonyl (C=O) groups is 2. The molecule has 1 heterocycles. The van der Waals surface area contributed by atoms with Crippen LogP contribution in [0.15, 0.2) is 0 Å². The molecule has 0 aromatic heterocycles. The number of hydrogen-bond donors (Lipinski definition) is 1. The number of alkyl halides is 1. The van der Waals surface area contributed by atoms with Gasteiger partial charge in [0.15, 0.2) is 0 Å². The standard InChI is InChI=1S/C20H30FN3O3/c1-14(2)13-27-18(26)19-3-6-20(7-4-19,8-5-19)23-11-17(25)24-12-15(21)9-16(24)10-22/h14-16,23H,3-9,11-13H2,1-2H3/t15-,16-,19?,20?/m0/s1. The zero-order valence-electron chi connectivity index (χ0n) is 16.3. The van der Waals surface area contributed by atoms with Gasteiger partial charge in [-0.2, -0.15) is 5.26 Å². The minimum Gasteiger partial charge on any atom is -0.465 e. The fraction of sp³-hybridized carbons (Fsp3) is 0.850. The lowest BCUT2D eigenvalue weighted by Gasteiger charge is -2.52. The SMILES string of the molecule is CC(C)COC(=O)C12CCC(NCC(=O)N3C[C@@H](F)C[C@H]3C#N)(CC1)CC2. The molecule has 1 N–H and O–H groups in total. The molecule has 0 unspecified atom stereocenters. The Balaban J connectivity index is 1.52. The predicted octanol–water partition coefficient (Wildman–Crippen LogP) is 2.33. The van der Waals surface area contributed by atoms with E-state index in [1.807, 2.05) is 19.9 Å². The van der Waals surface area contributed by atoms with Gasteiger partial charge in [-0.3, -0.25) is 9.59 Å². The zero-order chi connectivity index (χ0) is 19.7. The molecule has 0 aromatic rings. The molecule has 3 saturated carbocycles. The summed E-state index contributed by atoms with van der Waals surface area (Å²) in [6.07, 6.45) is 3.85. The van der Waals surface area contributed by atoms with Crippen molar-refractivity contribution in [2.75, 3.05) is 19.7 Å². The lowest BCUT2D eigenvalue weighted by Crippen LogP contribution is -2.59. The topological polar surface area (TPSA) is 82.4 Å². The number of esters is 1. The first-order valence-corrected chi connectivity index (χ1v) is 10.0. The number of rotatable bonds is 6. The summed E-state index contributed by atoms with van der Waals surface area (Å²) in [6, 6.07) is 1.36. The quantitative estimate of drug-likeness (QED) is 0.716. The highest BCUT2D eigenvalue weighted by Gasteiger charge is 2.53. The summed E-state index contributed by atoms with van der Waals surface area (Å²) in [7, 11) is 0. The second-order valence-corrected chi connectivity index (χ2v) is 8.93. The first-order chi connectivity index (χ1) is 12.8. The summed E-state index contributed by atoms with van der Waals surface area (Å²) < 4.78 is 19.0. The van der Waals surface area contributed by atoms with Gasteiger partial charge in [-0.15, -0.1) is 0 Å². The van der Waals surface area contributed by atoms with E-state index in [0.717, 1.165) is 38.5 Å². The fourth-order valence-electron chi connectivity index (χ4n) is 4.70. The lowest BCUT2D eigenvalue weighted by atomic mass is 9.57. The van der Waals surface area contributed by atoms with Gasteiger partial charge in [0.2, 0.25) is 5.91 Å². The summed E-state index contributed by atoms with van der Waals surface area (Å²) in [6.45, 7) is 4.65.